The molecule has 98 valence electrons. The Hall–Kier alpha value is -1.38. The van der Waals surface area contributed by atoms with Crippen molar-refractivity contribution >= 4 is 28.9 Å². The lowest BCUT2D eigenvalue weighted by atomic mass is 10.1. The first-order valence-corrected chi connectivity index (χ1v) is 6.86. The van der Waals surface area contributed by atoms with E-state index in [-0.39, 0.29) is 6.10 Å². The topological polar surface area (TPSA) is 21.3 Å². The molecule has 1 atom stereocenters. The highest BCUT2D eigenvalue weighted by Crippen LogP contribution is 2.37. The van der Waals surface area contributed by atoms with E-state index in [1.165, 1.54) is 5.56 Å². The van der Waals surface area contributed by atoms with Crippen LogP contribution >= 0.6 is 23.2 Å². The Balaban J connectivity index is 1.91. The SMILES string of the molecule is Cc1cccc2c1NCC(c1ccc(Cl)c(Cl)c1)O2. The average Bonchev–Trinajstić information content (AvgIpc) is 2.42. The minimum atomic E-state index is -0.0518. The maximum absolute atomic E-state index is 6.05. The third-order valence-corrected chi connectivity index (χ3v) is 4.02. The van der Waals surface area contributed by atoms with Crippen LogP contribution in [0.4, 0.5) is 5.69 Å². The highest BCUT2D eigenvalue weighted by atomic mass is 35.5. The van der Waals surface area contributed by atoms with Crippen LogP contribution in [0.25, 0.3) is 0 Å². The minimum Gasteiger partial charge on any atom is -0.482 e. The van der Waals surface area contributed by atoms with Gasteiger partial charge in [0.2, 0.25) is 0 Å². The molecule has 0 spiro atoms. The van der Waals surface area contributed by atoms with Gasteiger partial charge >= 0.3 is 0 Å². The first-order valence-electron chi connectivity index (χ1n) is 6.10. The predicted octanol–water partition coefficient (Wildman–Crippen LogP) is 4.85. The van der Waals surface area contributed by atoms with E-state index < -0.39 is 0 Å². The molecule has 0 fully saturated rings. The number of halogens is 2. The highest BCUT2D eigenvalue weighted by molar-refractivity contribution is 6.42. The van der Waals surface area contributed by atoms with Gasteiger partial charge in [-0.2, -0.15) is 0 Å². The Kier molecular flexibility index (Phi) is 3.29. The van der Waals surface area contributed by atoms with Crippen LogP contribution in [0.1, 0.15) is 17.2 Å². The summed E-state index contributed by atoms with van der Waals surface area (Å²) in [5.41, 5.74) is 3.28. The van der Waals surface area contributed by atoms with Gasteiger partial charge in [0.25, 0.3) is 0 Å². The van der Waals surface area contributed by atoms with Crippen LogP contribution in [0.2, 0.25) is 10.0 Å². The molecule has 19 heavy (non-hydrogen) atoms. The van der Waals surface area contributed by atoms with Crippen LogP contribution in [-0.4, -0.2) is 6.54 Å². The van der Waals surface area contributed by atoms with Crippen molar-refractivity contribution in [1.82, 2.24) is 0 Å². The highest BCUT2D eigenvalue weighted by Gasteiger charge is 2.22. The number of fused-ring (bicyclic) bond motifs is 1. The first-order chi connectivity index (χ1) is 9.15. The summed E-state index contributed by atoms with van der Waals surface area (Å²) in [5, 5.41) is 4.53. The van der Waals surface area contributed by atoms with Gasteiger partial charge in [-0.3, -0.25) is 0 Å². The number of hydrogen-bond acceptors (Lipinski definition) is 2. The largest absolute Gasteiger partial charge is 0.482 e. The molecule has 0 radical (unpaired) electrons. The smallest absolute Gasteiger partial charge is 0.143 e. The van der Waals surface area contributed by atoms with Gasteiger partial charge in [0.15, 0.2) is 0 Å². The number of benzene rings is 2. The monoisotopic (exact) mass is 293 g/mol. The lowest BCUT2D eigenvalue weighted by Crippen LogP contribution is -2.24. The third-order valence-electron chi connectivity index (χ3n) is 3.28. The number of nitrogens with one attached hydrogen (secondary N) is 1. The quantitative estimate of drug-likeness (QED) is 0.812. The maximum Gasteiger partial charge on any atom is 0.143 e. The van der Waals surface area contributed by atoms with E-state index in [1.807, 2.05) is 24.3 Å². The van der Waals surface area contributed by atoms with E-state index in [4.69, 9.17) is 27.9 Å². The van der Waals surface area contributed by atoms with Crippen LogP contribution in [0.15, 0.2) is 36.4 Å². The van der Waals surface area contributed by atoms with E-state index in [0.29, 0.717) is 10.0 Å². The zero-order valence-corrected chi connectivity index (χ0v) is 11.9. The standard InChI is InChI=1S/C15H13Cl2NO/c1-9-3-2-4-13-15(9)18-8-14(19-13)10-5-6-11(16)12(17)7-10/h2-7,14,18H,8H2,1H3. The van der Waals surface area contributed by atoms with Crippen LogP contribution in [0.5, 0.6) is 5.75 Å². The van der Waals surface area contributed by atoms with Gasteiger partial charge < -0.3 is 10.1 Å². The van der Waals surface area contributed by atoms with Gasteiger partial charge in [-0.1, -0.05) is 41.4 Å². The lowest BCUT2D eigenvalue weighted by Gasteiger charge is -2.28. The van der Waals surface area contributed by atoms with Gasteiger partial charge in [-0.25, -0.2) is 0 Å². The number of ether oxygens (including phenoxy) is 1. The Labute approximate surface area is 122 Å². The van der Waals surface area contributed by atoms with Crippen molar-refractivity contribution in [3.05, 3.63) is 57.6 Å². The van der Waals surface area contributed by atoms with E-state index >= 15 is 0 Å². The summed E-state index contributed by atoms with van der Waals surface area (Å²) in [6.45, 7) is 2.78. The average molecular weight is 294 g/mol. The number of para-hydroxylation sites is 1. The van der Waals surface area contributed by atoms with Crippen LogP contribution in [0, 0.1) is 6.92 Å². The van der Waals surface area contributed by atoms with Crippen molar-refractivity contribution in [1.29, 1.82) is 0 Å². The molecule has 2 aromatic carbocycles. The van der Waals surface area contributed by atoms with E-state index in [9.17, 15) is 0 Å². The number of hydrogen-bond donors (Lipinski definition) is 1. The van der Waals surface area contributed by atoms with E-state index in [2.05, 4.69) is 18.3 Å². The van der Waals surface area contributed by atoms with Crippen molar-refractivity contribution in [3.63, 3.8) is 0 Å². The summed E-state index contributed by atoms with van der Waals surface area (Å²) >= 11 is 12.0. The van der Waals surface area contributed by atoms with Crippen molar-refractivity contribution in [2.75, 3.05) is 11.9 Å². The Morgan fingerprint density at radius 1 is 1.16 bits per heavy atom. The molecular formula is C15H13Cl2NO. The minimum absolute atomic E-state index is 0.0518. The summed E-state index contributed by atoms with van der Waals surface area (Å²) < 4.78 is 6.03. The van der Waals surface area contributed by atoms with Crippen LogP contribution in [-0.2, 0) is 0 Å². The van der Waals surface area contributed by atoms with Gasteiger partial charge in [0, 0.05) is 0 Å². The molecule has 0 aromatic heterocycles. The molecule has 4 heteroatoms. The summed E-state index contributed by atoms with van der Waals surface area (Å²) in [5.74, 6) is 0.877. The fourth-order valence-electron chi connectivity index (χ4n) is 2.25. The molecule has 1 heterocycles. The lowest BCUT2D eigenvalue weighted by molar-refractivity contribution is 0.210. The zero-order valence-electron chi connectivity index (χ0n) is 10.4. The predicted molar refractivity (Wildman–Crippen MR) is 79.5 cm³/mol. The van der Waals surface area contributed by atoms with Crippen molar-refractivity contribution in [3.8, 4) is 5.75 Å². The molecule has 0 saturated heterocycles. The molecule has 2 aromatic rings. The van der Waals surface area contributed by atoms with E-state index in [0.717, 1.165) is 23.5 Å². The van der Waals surface area contributed by atoms with Crippen molar-refractivity contribution < 1.29 is 4.74 Å². The first kappa shape index (κ1) is 12.6. The Morgan fingerprint density at radius 3 is 2.79 bits per heavy atom. The molecule has 0 amide bonds. The fraction of sp³-hybridized carbons (Fsp3) is 0.200. The normalized spacial score (nSPS) is 17.3. The van der Waals surface area contributed by atoms with Crippen molar-refractivity contribution in [2.24, 2.45) is 0 Å². The van der Waals surface area contributed by atoms with Gasteiger partial charge in [-0.05, 0) is 36.2 Å². The van der Waals surface area contributed by atoms with Gasteiger partial charge in [-0.15, -0.1) is 0 Å². The molecule has 1 aliphatic rings. The molecule has 0 saturated carbocycles. The Morgan fingerprint density at radius 2 is 2.00 bits per heavy atom. The van der Waals surface area contributed by atoms with Crippen molar-refractivity contribution in [2.45, 2.75) is 13.0 Å². The number of rotatable bonds is 1. The summed E-state index contributed by atoms with van der Waals surface area (Å²) in [4.78, 5) is 0. The molecular weight excluding hydrogens is 281 g/mol. The van der Waals surface area contributed by atoms with Gasteiger partial charge in [0.05, 0.1) is 22.3 Å². The molecule has 2 nitrogen and oxygen atoms in total. The Bertz CT molecular complexity index is 628. The fourth-order valence-corrected chi connectivity index (χ4v) is 2.56. The maximum atomic E-state index is 6.05. The molecule has 1 unspecified atom stereocenters. The van der Waals surface area contributed by atoms with Gasteiger partial charge in [0.1, 0.15) is 11.9 Å². The summed E-state index contributed by atoms with van der Waals surface area (Å²) in [6.07, 6.45) is -0.0518. The molecule has 0 aliphatic carbocycles. The molecule has 0 bridgehead atoms. The molecule has 1 aliphatic heterocycles. The molecule has 1 N–H and O–H groups in total. The summed E-state index contributed by atoms with van der Waals surface area (Å²) in [6, 6.07) is 11.6. The summed E-state index contributed by atoms with van der Waals surface area (Å²) in [7, 11) is 0. The second-order valence-corrected chi connectivity index (χ2v) is 5.42. The van der Waals surface area contributed by atoms with Crippen LogP contribution in [0.3, 0.4) is 0 Å². The van der Waals surface area contributed by atoms with E-state index in [1.54, 1.807) is 6.07 Å². The second kappa shape index (κ2) is 4.95. The zero-order chi connectivity index (χ0) is 13.4. The second-order valence-electron chi connectivity index (χ2n) is 4.61. The number of aryl methyl sites for hydroxylation is 1. The van der Waals surface area contributed by atoms with Crippen LogP contribution < -0.4 is 10.1 Å². The molecule has 3 rings (SSSR count). The third kappa shape index (κ3) is 2.38. The number of anilines is 1.